The summed E-state index contributed by atoms with van der Waals surface area (Å²) in [6, 6.07) is 3.70. The predicted octanol–water partition coefficient (Wildman–Crippen LogP) is 0.377. The van der Waals surface area contributed by atoms with Gasteiger partial charge in [-0.05, 0) is 19.1 Å². The number of nitrogens with one attached hydrogen (secondary N) is 1. The lowest BCUT2D eigenvalue weighted by Gasteiger charge is -2.42. The molecule has 0 bridgehead atoms. The molecule has 0 aliphatic carbocycles. The van der Waals surface area contributed by atoms with Crippen LogP contribution in [-0.2, 0) is 9.73 Å². The number of hydroxylamine groups is 3. The summed E-state index contributed by atoms with van der Waals surface area (Å²) in [4.78, 5) is 21.6. The summed E-state index contributed by atoms with van der Waals surface area (Å²) in [6.07, 6.45) is 7.18. The van der Waals surface area contributed by atoms with Crippen LogP contribution in [0.5, 0.6) is 0 Å². The number of amides is 1. The van der Waals surface area contributed by atoms with Crippen LogP contribution in [0.3, 0.4) is 0 Å². The van der Waals surface area contributed by atoms with Crippen molar-refractivity contribution >= 4 is 11.6 Å². The van der Waals surface area contributed by atoms with E-state index in [0.717, 1.165) is 5.69 Å². The second kappa shape index (κ2) is 6.66. The number of allylic oxidation sites excluding steroid dienone is 1. The van der Waals surface area contributed by atoms with Crippen LogP contribution in [0.25, 0.3) is 0 Å². The number of nitrogens with two attached hydrogens (primary N) is 1. The molecule has 0 radical (unpaired) electrons. The molecular weight excluding hydrogens is 270 g/mol. The van der Waals surface area contributed by atoms with Gasteiger partial charge >= 0.3 is 0 Å². The molecule has 1 aliphatic rings. The van der Waals surface area contributed by atoms with Crippen LogP contribution < -0.4 is 16.2 Å². The first kappa shape index (κ1) is 15.4. The van der Waals surface area contributed by atoms with Crippen LogP contribution in [0.2, 0.25) is 0 Å². The molecule has 7 heteroatoms. The predicted molar refractivity (Wildman–Crippen MR) is 79.2 cm³/mol. The smallest absolute Gasteiger partial charge is 0.235 e. The minimum Gasteiger partial charge on any atom is -0.352 e. The molecule has 3 N–H and O–H groups in total. The maximum atomic E-state index is 11.9. The van der Waals surface area contributed by atoms with E-state index in [9.17, 15) is 4.79 Å². The van der Waals surface area contributed by atoms with Gasteiger partial charge in [0.15, 0.2) is 0 Å². The summed E-state index contributed by atoms with van der Waals surface area (Å²) in [7, 11) is 1.77. The van der Waals surface area contributed by atoms with E-state index in [1.165, 1.54) is 0 Å². The second-order valence-electron chi connectivity index (χ2n) is 5.12. The van der Waals surface area contributed by atoms with E-state index in [2.05, 4.69) is 10.3 Å². The number of quaternary nitrogens is 1. The zero-order valence-corrected chi connectivity index (χ0v) is 12.4. The first-order valence-electron chi connectivity index (χ1n) is 6.92. The third-order valence-electron chi connectivity index (χ3n) is 3.35. The lowest BCUT2D eigenvalue weighted by molar-refractivity contribution is -1.15. The zero-order chi connectivity index (χ0) is 15.3. The Morgan fingerprint density at radius 3 is 3.05 bits per heavy atom. The van der Waals surface area contributed by atoms with E-state index in [1.807, 2.05) is 31.2 Å². The number of aromatic nitrogens is 1. The molecule has 2 heterocycles. The third-order valence-corrected chi connectivity index (χ3v) is 3.35. The summed E-state index contributed by atoms with van der Waals surface area (Å²) in [5.41, 5.74) is 0.807. The molecule has 0 aromatic carbocycles. The van der Waals surface area contributed by atoms with Gasteiger partial charge in [-0.1, -0.05) is 21.8 Å². The fraction of sp³-hybridized carbons (Fsp3) is 0.429. The van der Waals surface area contributed by atoms with E-state index in [-0.39, 0.29) is 16.6 Å². The highest BCUT2D eigenvalue weighted by Gasteiger charge is 2.50. The van der Waals surface area contributed by atoms with Crippen LogP contribution >= 0.6 is 0 Å². The van der Waals surface area contributed by atoms with Crippen LogP contribution in [0, 0.1) is 5.92 Å². The highest BCUT2D eigenvalue weighted by molar-refractivity contribution is 5.79. The van der Waals surface area contributed by atoms with Crippen LogP contribution in [0.1, 0.15) is 6.92 Å². The van der Waals surface area contributed by atoms with E-state index in [0.29, 0.717) is 19.6 Å². The van der Waals surface area contributed by atoms with Crippen molar-refractivity contribution in [1.29, 1.82) is 0 Å². The molecule has 7 nitrogen and oxygen atoms in total. The molecule has 0 saturated carbocycles. The second-order valence-corrected chi connectivity index (χ2v) is 5.12. The number of anilines is 1. The fourth-order valence-electron chi connectivity index (χ4n) is 2.18. The molecule has 1 saturated heterocycles. The van der Waals surface area contributed by atoms with Gasteiger partial charge < -0.3 is 5.32 Å². The maximum Gasteiger partial charge on any atom is 0.235 e. The summed E-state index contributed by atoms with van der Waals surface area (Å²) >= 11 is 0. The summed E-state index contributed by atoms with van der Waals surface area (Å²) in [5.74, 6) is 5.99. The minimum absolute atomic E-state index is 0.0138. The van der Waals surface area contributed by atoms with Crippen molar-refractivity contribution in [2.45, 2.75) is 6.92 Å². The van der Waals surface area contributed by atoms with E-state index >= 15 is 0 Å². The Bertz CT molecular complexity index is 499. The van der Waals surface area contributed by atoms with Crippen molar-refractivity contribution in [2.75, 3.05) is 31.7 Å². The van der Waals surface area contributed by atoms with Gasteiger partial charge in [-0.2, -0.15) is 0 Å². The van der Waals surface area contributed by atoms with Crippen molar-refractivity contribution in [3.8, 4) is 0 Å². The Balaban J connectivity index is 1.80. The average Bonchev–Trinajstić information content (AvgIpc) is 2.45. The van der Waals surface area contributed by atoms with E-state index < -0.39 is 0 Å². The van der Waals surface area contributed by atoms with E-state index in [1.54, 1.807) is 24.5 Å². The normalized spacial score (nSPS) is 24.6. The lowest BCUT2D eigenvalue weighted by atomic mass is 10.0. The maximum absolute atomic E-state index is 11.9. The van der Waals surface area contributed by atoms with Crippen LogP contribution in [0.4, 0.5) is 5.69 Å². The van der Waals surface area contributed by atoms with Gasteiger partial charge in [0, 0.05) is 19.8 Å². The molecule has 1 fully saturated rings. The van der Waals surface area contributed by atoms with Crippen molar-refractivity contribution in [3.63, 3.8) is 0 Å². The minimum atomic E-state index is -0.109. The van der Waals surface area contributed by atoms with E-state index in [4.69, 9.17) is 10.8 Å². The van der Waals surface area contributed by atoms with Gasteiger partial charge in [0.1, 0.15) is 19.0 Å². The molecule has 114 valence electrons. The number of carbonyl (C=O) groups is 1. The molecule has 1 aliphatic heterocycles. The van der Waals surface area contributed by atoms with Crippen molar-refractivity contribution in [1.82, 2.24) is 10.3 Å². The van der Waals surface area contributed by atoms with Gasteiger partial charge in [0.05, 0.1) is 11.9 Å². The first-order valence-corrected chi connectivity index (χ1v) is 6.92. The van der Waals surface area contributed by atoms with Crippen LogP contribution in [-0.4, -0.2) is 42.3 Å². The van der Waals surface area contributed by atoms with Gasteiger partial charge in [-0.15, -0.1) is 5.84 Å². The SMILES string of the molecule is C/C=C/CNC(=O)C1C[N+](N)(ON(C)c2cccnc2)C1. The lowest BCUT2D eigenvalue weighted by Crippen LogP contribution is -2.72. The monoisotopic (exact) mass is 292 g/mol. The zero-order valence-electron chi connectivity index (χ0n) is 12.4. The number of hydrogen-bond donors (Lipinski definition) is 2. The third kappa shape index (κ3) is 4.01. The molecule has 1 amide bonds. The molecule has 0 spiro atoms. The largest absolute Gasteiger partial charge is 0.352 e. The summed E-state index contributed by atoms with van der Waals surface area (Å²) in [6.45, 7) is 3.37. The van der Waals surface area contributed by atoms with Gasteiger partial charge in [0.2, 0.25) is 5.91 Å². The topological polar surface area (TPSA) is 80.5 Å². The molecule has 1 aromatic rings. The number of hydrogen-bond acceptors (Lipinski definition) is 5. The quantitative estimate of drug-likeness (QED) is 0.343. The Morgan fingerprint density at radius 1 is 1.67 bits per heavy atom. The van der Waals surface area contributed by atoms with Crippen molar-refractivity contribution in [3.05, 3.63) is 36.7 Å². The molecule has 21 heavy (non-hydrogen) atoms. The van der Waals surface area contributed by atoms with Gasteiger partial charge in [-0.3, -0.25) is 9.78 Å². The Hall–Kier alpha value is -1.96. The fourth-order valence-corrected chi connectivity index (χ4v) is 2.18. The highest BCUT2D eigenvalue weighted by Crippen LogP contribution is 2.24. The summed E-state index contributed by atoms with van der Waals surface area (Å²) < 4.78 is -0.104. The molecule has 0 atom stereocenters. The van der Waals surface area contributed by atoms with Crippen molar-refractivity contribution < 1.29 is 14.5 Å². The number of pyridine rings is 1. The Morgan fingerprint density at radius 2 is 2.43 bits per heavy atom. The number of carbonyl (C=O) groups excluding carboxylic acids is 1. The molecule has 1 aromatic heterocycles. The number of rotatable bonds is 6. The van der Waals surface area contributed by atoms with Crippen LogP contribution in [0.15, 0.2) is 36.7 Å². The Labute approximate surface area is 124 Å². The first-order chi connectivity index (χ1) is 10.0. The average molecular weight is 292 g/mol. The molecule has 0 unspecified atom stereocenters. The summed E-state index contributed by atoms with van der Waals surface area (Å²) in [5, 5.41) is 4.41. The van der Waals surface area contributed by atoms with Gasteiger partial charge in [0.25, 0.3) is 0 Å². The van der Waals surface area contributed by atoms with Gasteiger partial charge in [-0.25, -0.2) is 5.06 Å². The molecule has 2 rings (SSSR count). The highest BCUT2D eigenvalue weighted by atomic mass is 16.9. The van der Waals surface area contributed by atoms with Crippen molar-refractivity contribution in [2.24, 2.45) is 11.8 Å². The number of nitrogens with zero attached hydrogens (tertiary/aromatic N) is 3. The molecular formula is C14H22N5O2+. The standard InChI is InChI=1S/C14H21N5O2/c1-3-4-8-17-14(20)12-10-19(15,11-12)21-18(2)13-6-5-7-16-9-13/h3-7,9,12H,8,10-11,15H2,1-2H3/p+1/b4-3+. The Kier molecular flexibility index (Phi) is 4.89.